The molecule has 4 heteroatoms. The van der Waals surface area contributed by atoms with Crippen LogP contribution in [0.5, 0.6) is 0 Å². The van der Waals surface area contributed by atoms with Gasteiger partial charge in [-0.3, -0.25) is 4.79 Å². The maximum Gasteiger partial charge on any atom is 0.207 e. The third-order valence-electron chi connectivity index (χ3n) is 3.48. The molecule has 0 aromatic carbocycles. The average molecular weight is 227 g/mol. The van der Waals surface area contributed by atoms with Gasteiger partial charge < -0.3 is 14.8 Å². The van der Waals surface area contributed by atoms with Crippen molar-refractivity contribution in [2.45, 2.75) is 51.4 Å². The minimum atomic E-state index is -0.561. The molecule has 1 amide bonds. The fourth-order valence-electron chi connectivity index (χ4n) is 2.47. The van der Waals surface area contributed by atoms with Gasteiger partial charge in [0.25, 0.3) is 0 Å². The van der Waals surface area contributed by atoms with E-state index in [4.69, 9.17) is 9.47 Å². The lowest BCUT2D eigenvalue weighted by Gasteiger charge is -2.49. The Kier molecular flexibility index (Phi) is 3.22. The van der Waals surface area contributed by atoms with Crippen molar-refractivity contribution in [3.05, 3.63) is 0 Å². The molecule has 1 atom stereocenters. The second-order valence-electron chi connectivity index (χ2n) is 5.64. The zero-order valence-corrected chi connectivity index (χ0v) is 10.1. The molecule has 1 unspecified atom stereocenters. The van der Waals surface area contributed by atoms with Crippen molar-refractivity contribution in [1.29, 1.82) is 0 Å². The predicted octanol–water partition coefficient (Wildman–Crippen LogP) is 1.44. The number of nitrogens with one attached hydrogen (secondary N) is 1. The van der Waals surface area contributed by atoms with Gasteiger partial charge in [-0.05, 0) is 12.8 Å². The number of hydrogen-bond donors (Lipinski definition) is 1. The maximum absolute atomic E-state index is 10.6. The molecular weight excluding hydrogens is 206 g/mol. The molecule has 1 aliphatic carbocycles. The zero-order chi connectivity index (χ0) is 11.6. The van der Waals surface area contributed by atoms with Crippen molar-refractivity contribution in [3.63, 3.8) is 0 Å². The number of amides is 1. The lowest BCUT2D eigenvalue weighted by Crippen LogP contribution is -2.60. The SMILES string of the molecule is CC1(C)COC2(CCCCC2NC=O)OC1. The number of hydrogen-bond acceptors (Lipinski definition) is 3. The second kappa shape index (κ2) is 4.34. The van der Waals surface area contributed by atoms with Gasteiger partial charge in [0.05, 0.1) is 19.3 Å². The first-order valence-electron chi connectivity index (χ1n) is 6.06. The van der Waals surface area contributed by atoms with E-state index in [0.29, 0.717) is 13.2 Å². The van der Waals surface area contributed by atoms with Crippen LogP contribution in [-0.2, 0) is 14.3 Å². The smallest absolute Gasteiger partial charge is 0.207 e. The zero-order valence-electron chi connectivity index (χ0n) is 10.1. The van der Waals surface area contributed by atoms with Gasteiger partial charge >= 0.3 is 0 Å². The Labute approximate surface area is 96.7 Å². The maximum atomic E-state index is 10.6. The molecule has 1 saturated heterocycles. The van der Waals surface area contributed by atoms with Crippen LogP contribution in [0.15, 0.2) is 0 Å². The van der Waals surface area contributed by atoms with E-state index < -0.39 is 5.79 Å². The van der Waals surface area contributed by atoms with Crippen LogP contribution in [0.3, 0.4) is 0 Å². The molecule has 0 aromatic heterocycles. The Hall–Kier alpha value is -0.610. The lowest BCUT2D eigenvalue weighted by atomic mass is 9.86. The largest absolute Gasteiger partial charge is 0.351 e. The molecule has 2 aliphatic rings. The average Bonchev–Trinajstić information content (AvgIpc) is 2.26. The number of rotatable bonds is 2. The van der Waals surface area contributed by atoms with E-state index in [0.717, 1.165) is 32.1 Å². The van der Waals surface area contributed by atoms with Gasteiger partial charge in [-0.1, -0.05) is 20.3 Å². The first-order chi connectivity index (χ1) is 7.58. The number of carbonyl (C=O) groups excluding carboxylic acids is 1. The number of carbonyl (C=O) groups is 1. The molecule has 1 saturated carbocycles. The molecule has 1 aliphatic heterocycles. The Morgan fingerprint density at radius 3 is 2.56 bits per heavy atom. The van der Waals surface area contributed by atoms with Crippen LogP contribution >= 0.6 is 0 Å². The summed E-state index contributed by atoms with van der Waals surface area (Å²) in [5, 5.41) is 2.84. The van der Waals surface area contributed by atoms with Crippen LogP contribution in [0, 0.1) is 5.41 Å². The van der Waals surface area contributed by atoms with Crippen LogP contribution < -0.4 is 5.32 Å². The summed E-state index contributed by atoms with van der Waals surface area (Å²) >= 11 is 0. The van der Waals surface area contributed by atoms with E-state index in [-0.39, 0.29) is 11.5 Å². The molecule has 1 heterocycles. The van der Waals surface area contributed by atoms with Crippen LogP contribution in [0.25, 0.3) is 0 Å². The predicted molar refractivity (Wildman–Crippen MR) is 59.9 cm³/mol. The van der Waals surface area contributed by atoms with Gasteiger partial charge in [-0.2, -0.15) is 0 Å². The lowest BCUT2D eigenvalue weighted by molar-refractivity contribution is -0.319. The van der Waals surface area contributed by atoms with Crippen molar-refractivity contribution < 1.29 is 14.3 Å². The summed E-state index contributed by atoms with van der Waals surface area (Å²) in [7, 11) is 0. The Balaban J connectivity index is 2.06. The second-order valence-corrected chi connectivity index (χ2v) is 5.64. The van der Waals surface area contributed by atoms with E-state index in [1.54, 1.807) is 0 Å². The van der Waals surface area contributed by atoms with Crippen molar-refractivity contribution in [2.24, 2.45) is 5.41 Å². The minimum absolute atomic E-state index is 0.00912. The summed E-state index contributed by atoms with van der Waals surface area (Å²) in [4.78, 5) is 10.6. The highest BCUT2D eigenvalue weighted by molar-refractivity contribution is 5.47. The van der Waals surface area contributed by atoms with Gasteiger partial charge in [0.15, 0.2) is 5.79 Å². The van der Waals surface area contributed by atoms with Crippen molar-refractivity contribution >= 4 is 6.41 Å². The van der Waals surface area contributed by atoms with E-state index in [9.17, 15) is 4.79 Å². The van der Waals surface area contributed by atoms with Gasteiger partial charge in [0.1, 0.15) is 0 Å². The van der Waals surface area contributed by atoms with E-state index in [1.807, 2.05) is 0 Å². The molecule has 92 valence electrons. The van der Waals surface area contributed by atoms with Crippen LogP contribution in [0.4, 0.5) is 0 Å². The highest BCUT2D eigenvalue weighted by Gasteiger charge is 2.47. The highest BCUT2D eigenvalue weighted by Crippen LogP contribution is 2.39. The van der Waals surface area contributed by atoms with Crippen LogP contribution in [0.1, 0.15) is 39.5 Å². The standard InChI is InChI=1S/C12H21NO3/c1-11(2)7-15-12(16-8-11)6-4-3-5-10(12)13-9-14/h9-10H,3-8H2,1-2H3,(H,13,14). The van der Waals surface area contributed by atoms with E-state index in [2.05, 4.69) is 19.2 Å². The van der Waals surface area contributed by atoms with Crippen LogP contribution in [0.2, 0.25) is 0 Å². The summed E-state index contributed by atoms with van der Waals surface area (Å²) in [5.41, 5.74) is 0.0778. The molecule has 1 spiro atoms. The van der Waals surface area contributed by atoms with E-state index >= 15 is 0 Å². The monoisotopic (exact) mass is 227 g/mol. The van der Waals surface area contributed by atoms with Gasteiger partial charge in [-0.15, -0.1) is 0 Å². The summed E-state index contributed by atoms with van der Waals surface area (Å²) in [6.45, 7) is 5.66. The van der Waals surface area contributed by atoms with Crippen molar-refractivity contribution in [2.75, 3.05) is 13.2 Å². The normalized spacial score (nSPS) is 32.2. The summed E-state index contributed by atoms with van der Waals surface area (Å²) in [6, 6.07) is 0.00912. The Morgan fingerprint density at radius 1 is 1.25 bits per heavy atom. The topological polar surface area (TPSA) is 47.6 Å². The molecule has 0 aromatic rings. The number of ether oxygens (including phenoxy) is 2. The Bertz CT molecular complexity index is 255. The molecule has 1 N–H and O–H groups in total. The molecule has 4 nitrogen and oxygen atoms in total. The summed E-state index contributed by atoms with van der Waals surface area (Å²) in [5.74, 6) is -0.561. The molecule has 2 rings (SSSR count). The molecule has 0 bridgehead atoms. The van der Waals surface area contributed by atoms with Gasteiger partial charge in [0.2, 0.25) is 6.41 Å². The van der Waals surface area contributed by atoms with Crippen molar-refractivity contribution in [1.82, 2.24) is 5.32 Å². The van der Waals surface area contributed by atoms with E-state index in [1.165, 1.54) is 0 Å². The molecule has 16 heavy (non-hydrogen) atoms. The fourth-order valence-corrected chi connectivity index (χ4v) is 2.47. The van der Waals surface area contributed by atoms with Crippen molar-refractivity contribution in [3.8, 4) is 0 Å². The first kappa shape index (κ1) is 11.9. The molecular formula is C12H21NO3. The third kappa shape index (κ3) is 2.23. The molecule has 2 fully saturated rings. The molecule has 0 radical (unpaired) electrons. The first-order valence-corrected chi connectivity index (χ1v) is 6.06. The summed E-state index contributed by atoms with van der Waals surface area (Å²) < 4.78 is 11.9. The quantitative estimate of drug-likeness (QED) is 0.726. The highest BCUT2D eigenvalue weighted by atomic mass is 16.7. The van der Waals surface area contributed by atoms with Gasteiger partial charge in [-0.25, -0.2) is 0 Å². The third-order valence-corrected chi connectivity index (χ3v) is 3.48. The Morgan fingerprint density at radius 2 is 1.94 bits per heavy atom. The minimum Gasteiger partial charge on any atom is -0.351 e. The van der Waals surface area contributed by atoms with Gasteiger partial charge in [0, 0.05) is 11.8 Å². The fraction of sp³-hybridized carbons (Fsp3) is 0.917. The summed E-state index contributed by atoms with van der Waals surface area (Å²) in [6.07, 6.45) is 4.82. The van der Waals surface area contributed by atoms with Crippen LogP contribution in [-0.4, -0.2) is 31.5 Å².